The minimum absolute atomic E-state index is 0.203. The molecule has 1 spiro atoms. The third-order valence-corrected chi connectivity index (χ3v) is 6.55. The SMILES string of the molecule is O=C1N(CC2CC2)c2ccc(Sc3cccc(C(F)(F)F)c3)cc2C12OCCCO2. The second-order valence-electron chi connectivity index (χ2n) is 7.83. The van der Waals surface area contributed by atoms with E-state index in [9.17, 15) is 18.0 Å². The molecule has 1 amide bonds. The number of alkyl halides is 3. The van der Waals surface area contributed by atoms with Gasteiger partial charge in [0.15, 0.2) is 0 Å². The highest BCUT2D eigenvalue weighted by atomic mass is 32.2. The van der Waals surface area contributed by atoms with E-state index in [0.717, 1.165) is 35.6 Å². The van der Waals surface area contributed by atoms with Crippen molar-refractivity contribution in [3.63, 3.8) is 0 Å². The summed E-state index contributed by atoms with van der Waals surface area (Å²) in [5.41, 5.74) is 0.724. The number of halogens is 3. The number of fused-ring (bicyclic) bond motifs is 2. The summed E-state index contributed by atoms with van der Waals surface area (Å²) in [5, 5.41) is 0. The summed E-state index contributed by atoms with van der Waals surface area (Å²) < 4.78 is 50.9. The van der Waals surface area contributed by atoms with Crippen LogP contribution in [0.2, 0.25) is 0 Å². The number of anilines is 1. The van der Waals surface area contributed by atoms with Crippen LogP contribution in [-0.4, -0.2) is 25.7 Å². The molecule has 2 aliphatic heterocycles. The van der Waals surface area contributed by atoms with Crippen LogP contribution < -0.4 is 4.90 Å². The Hall–Kier alpha value is -2.03. The zero-order chi connectivity index (χ0) is 20.9. The average molecular weight is 435 g/mol. The van der Waals surface area contributed by atoms with Crippen LogP contribution in [0.15, 0.2) is 52.3 Å². The standard InChI is InChI=1S/C22H20F3NO3S/c23-22(24,25)15-3-1-4-16(11-15)30-17-7-8-19-18(12-17)21(28-9-2-10-29-21)20(27)26(19)13-14-5-6-14/h1,3-4,7-8,11-12,14H,2,5-6,9-10,13H2. The lowest BCUT2D eigenvalue weighted by atomic mass is 10.1. The molecule has 0 radical (unpaired) electrons. The Bertz CT molecular complexity index is 984. The van der Waals surface area contributed by atoms with Crippen molar-refractivity contribution < 1.29 is 27.4 Å². The van der Waals surface area contributed by atoms with Crippen LogP contribution in [0.5, 0.6) is 0 Å². The van der Waals surface area contributed by atoms with E-state index in [-0.39, 0.29) is 5.91 Å². The molecular formula is C22H20F3NO3S. The van der Waals surface area contributed by atoms with Crippen molar-refractivity contribution in [1.82, 2.24) is 0 Å². The van der Waals surface area contributed by atoms with Crippen molar-refractivity contribution in [3.05, 3.63) is 53.6 Å². The second kappa shape index (κ2) is 7.28. The average Bonchev–Trinajstić information content (AvgIpc) is 3.53. The number of benzene rings is 2. The largest absolute Gasteiger partial charge is 0.416 e. The molecule has 2 heterocycles. The summed E-state index contributed by atoms with van der Waals surface area (Å²) in [6, 6.07) is 10.7. The predicted molar refractivity (Wildman–Crippen MR) is 105 cm³/mol. The Balaban J connectivity index is 1.49. The number of hydrogen-bond acceptors (Lipinski definition) is 4. The number of rotatable bonds is 4. The van der Waals surface area contributed by atoms with E-state index in [4.69, 9.17) is 9.47 Å². The van der Waals surface area contributed by atoms with Crippen molar-refractivity contribution >= 4 is 23.4 Å². The molecule has 4 nitrogen and oxygen atoms in total. The smallest absolute Gasteiger partial charge is 0.338 e. The minimum atomic E-state index is -4.39. The number of nitrogens with zero attached hydrogens (tertiary/aromatic N) is 1. The van der Waals surface area contributed by atoms with E-state index in [0.29, 0.717) is 42.6 Å². The molecule has 8 heteroatoms. The zero-order valence-electron chi connectivity index (χ0n) is 16.1. The van der Waals surface area contributed by atoms with Gasteiger partial charge < -0.3 is 14.4 Å². The number of carbonyl (C=O) groups excluding carboxylic acids is 1. The molecule has 0 bridgehead atoms. The number of carbonyl (C=O) groups is 1. The van der Waals surface area contributed by atoms with Crippen molar-refractivity contribution in [2.75, 3.05) is 24.7 Å². The molecule has 5 rings (SSSR count). The van der Waals surface area contributed by atoms with Crippen LogP contribution in [-0.2, 0) is 26.2 Å². The van der Waals surface area contributed by atoms with Gasteiger partial charge in [-0.3, -0.25) is 4.79 Å². The molecule has 2 aromatic rings. The van der Waals surface area contributed by atoms with Gasteiger partial charge in [-0.15, -0.1) is 0 Å². The molecule has 1 saturated carbocycles. The highest BCUT2D eigenvalue weighted by Crippen LogP contribution is 2.48. The molecule has 1 aliphatic carbocycles. The van der Waals surface area contributed by atoms with E-state index < -0.39 is 17.5 Å². The molecule has 1 saturated heterocycles. The Morgan fingerprint density at radius 2 is 1.80 bits per heavy atom. The van der Waals surface area contributed by atoms with E-state index in [1.54, 1.807) is 11.0 Å². The van der Waals surface area contributed by atoms with Crippen molar-refractivity contribution in [2.45, 2.75) is 41.0 Å². The van der Waals surface area contributed by atoms with Crippen molar-refractivity contribution in [3.8, 4) is 0 Å². The first kappa shape index (κ1) is 19.9. The molecular weight excluding hydrogens is 415 g/mol. The molecule has 0 aromatic heterocycles. The minimum Gasteiger partial charge on any atom is -0.338 e. The lowest BCUT2D eigenvalue weighted by molar-refractivity contribution is -0.256. The van der Waals surface area contributed by atoms with E-state index in [1.165, 1.54) is 17.8 Å². The first-order chi connectivity index (χ1) is 14.4. The zero-order valence-corrected chi connectivity index (χ0v) is 16.9. The molecule has 30 heavy (non-hydrogen) atoms. The van der Waals surface area contributed by atoms with Crippen molar-refractivity contribution in [2.24, 2.45) is 5.92 Å². The van der Waals surface area contributed by atoms with Gasteiger partial charge in [0.25, 0.3) is 11.7 Å². The molecule has 0 unspecified atom stereocenters. The topological polar surface area (TPSA) is 38.8 Å². The number of ether oxygens (including phenoxy) is 2. The third-order valence-electron chi connectivity index (χ3n) is 5.57. The maximum Gasteiger partial charge on any atom is 0.416 e. The Morgan fingerprint density at radius 1 is 1.07 bits per heavy atom. The first-order valence-electron chi connectivity index (χ1n) is 9.96. The number of amides is 1. The van der Waals surface area contributed by atoms with E-state index in [1.807, 2.05) is 18.2 Å². The highest BCUT2D eigenvalue weighted by Gasteiger charge is 2.55. The van der Waals surface area contributed by atoms with Gasteiger partial charge in [0.05, 0.1) is 24.5 Å². The monoisotopic (exact) mass is 435 g/mol. The molecule has 2 fully saturated rings. The predicted octanol–water partition coefficient (Wildman–Crippen LogP) is 5.20. The van der Waals surface area contributed by atoms with Gasteiger partial charge in [-0.05, 0) is 61.6 Å². The van der Waals surface area contributed by atoms with Crippen LogP contribution in [0.25, 0.3) is 0 Å². The van der Waals surface area contributed by atoms with Gasteiger partial charge in [-0.2, -0.15) is 13.2 Å². The van der Waals surface area contributed by atoms with Crippen LogP contribution in [0.1, 0.15) is 30.4 Å². The molecule has 2 aromatic carbocycles. The maximum atomic E-state index is 13.3. The van der Waals surface area contributed by atoms with Gasteiger partial charge in [-0.1, -0.05) is 17.8 Å². The molecule has 3 aliphatic rings. The summed E-state index contributed by atoms with van der Waals surface area (Å²) in [5.74, 6) is -1.14. The normalized spacial score (nSPS) is 20.6. The van der Waals surface area contributed by atoms with Gasteiger partial charge >= 0.3 is 6.18 Å². The van der Waals surface area contributed by atoms with Gasteiger partial charge in [0, 0.05) is 21.9 Å². The lowest BCUT2D eigenvalue weighted by Gasteiger charge is -2.32. The van der Waals surface area contributed by atoms with E-state index >= 15 is 0 Å². The third kappa shape index (κ3) is 3.50. The summed E-state index contributed by atoms with van der Waals surface area (Å²) in [7, 11) is 0. The first-order valence-corrected chi connectivity index (χ1v) is 10.8. The summed E-state index contributed by atoms with van der Waals surface area (Å²) in [4.78, 5) is 16.2. The maximum absolute atomic E-state index is 13.3. The highest BCUT2D eigenvalue weighted by molar-refractivity contribution is 7.99. The van der Waals surface area contributed by atoms with Crippen LogP contribution in [0.4, 0.5) is 18.9 Å². The lowest BCUT2D eigenvalue weighted by Crippen LogP contribution is -2.47. The van der Waals surface area contributed by atoms with Crippen LogP contribution in [0.3, 0.4) is 0 Å². The Labute approximate surface area is 176 Å². The van der Waals surface area contributed by atoms with Crippen molar-refractivity contribution in [1.29, 1.82) is 0 Å². The Kier molecular flexibility index (Phi) is 4.83. The van der Waals surface area contributed by atoms with Crippen LogP contribution in [0, 0.1) is 5.92 Å². The molecule has 0 atom stereocenters. The van der Waals surface area contributed by atoms with Crippen LogP contribution >= 0.6 is 11.8 Å². The van der Waals surface area contributed by atoms with Gasteiger partial charge in [-0.25, -0.2) is 0 Å². The van der Waals surface area contributed by atoms with E-state index in [2.05, 4.69) is 0 Å². The summed E-state index contributed by atoms with van der Waals surface area (Å²) in [6.45, 7) is 1.49. The second-order valence-corrected chi connectivity index (χ2v) is 8.98. The summed E-state index contributed by atoms with van der Waals surface area (Å²) >= 11 is 1.22. The van der Waals surface area contributed by atoms with Gasteiger partial charge in [0.2, 0.25) is 0 Å². The summed E-state index contributed by atoms with van der Waals surface area (Å²) in [6.07, 6.45) is -1.46. The number of hydrogen-bond donors (Lipinski definition) is 0. The fraction of sp³-hybridized carbons (Fsp3) is 0.409. The fourth-order valence-electron chi connectivity index (χ4n) is 3.90. The Morgan fingerprint density at radius 3 is 2.50 bits per heavy atom. The molecule has 0 N–H and O–H groups in total. The fourth-order valence-corrected chi connectivity index (χ4v) is 4.82. The quantitative estimate of drug-likeness (QED) is 0.662. The molecule has 158 valence electrons. The van der Waals surface area contributed by atoms with Gasteiger partial charge in [0.1, 0.15) is 0 Å².